The summed E-state index contributed by atoms with van der Waals surface area (Å²) in [4.78, 5) is 34.2. The lowest BCUT2D eigenvalue weighted by atomic mass is 10.1. The van der Waals surface area contributed by atoms with Crippen LogP contribution < -0.4 is 10.6 Å². The Hall–Kier alpha value is -3.55. The molecule has 0 saturated heterocycles. The Morgan fingerprint density at radius 3 is 2.32 bits per heavy atom. The topological polar surface area (TPSA) is 101 Å². The van der Waals surface area contributed by atoms with Crippen molar-refractivity contribution >= 4 is 23.6 Å². The molecule has 8 heteroatoms. The van der Waals surface area contributed by atoms with Gasteiger partial charge in [-0.1, -0.05) is 18.2 Å². The molecule has 2 amide bonds. The lowest BCUT2D eigenvalue weighted by Gasteiger charge is -2.09. The van der Waals surface area contributed by atoms with E-state index in [2.05, 4.69) is 10.6 Å². The van der Waals surface area contributed by atoms with Crippen molar-refractivity contribution in [2.75, 3.05) is 7.05 Å². The first-order valence-electron chi connectivity index (χ1n) is 7.16. The second kappa shape index (κ2) is 7.82. The first-order valence-corrected chi connectivity index (χ1v) is 7.16. The molecule has 0 spiro atoms. The third kappa shape index (κ3) is 4.47. The number of amides is 2. The molecule has 2 aromatic carbocycles. The number of halogens is 1. The smallest absolute Gasteiger partial charge is 0.269 e. The molecule has 25 heavy (non-hydrogen) atoms. The predicted octanol–water partition coefficient (Wildman–Crippen LogP) is 2.25. The van der Waals surface area contributed by atoms with E-state index >= 15 is 0 Å². The average molecular weight is 343 g/mol. The number of nitro groups is 1. The molecule has 0 atom stereocenters. The highest BCUT2D eigenvalue weighted by Crippen LogP contribution is 2.14. The monoisotopic (exact) mass is 343 g/mol. The van der Waals surface area contributed by atoms with Gasteiger partial charge in [-0.15, -0.1) is 0 Å². The summed E-state index contributed by atoms with van der Waals surface area (Å²) in [5, 5.41) is 15.4. The minimum atomic E-state index is -0.652. The van der Waals surface area contributed by atoms with E-state index in [4.69, 9.17) is 0 Å². The minimum absolute atomic E-state index is 0.119. The summed E-state index contributed by atoms with van der Waals surface area (Å²) in [6.45, 7) is 0. The molecule has 0 aliphatic heterocycles. The molecule has 0 unspecified atom stereocenters. The zero-order chi connectivity index (χ0) is 18.4. The van der Waals surface area contributed by atoms with Crippen LogP contribution in [0.1, 0.15) is 15.9 Å². The van der Waals surface area contributed by atoms with Gasteiger partial charge in [-0.05, 0) is 24.3 Å². The number of hydrogen-bond donors (Lipinski definition) is 2. The molecular weight excluding hydrogens is 329 g/mol. The van der Waals surface area contributed by atoms with Crippen molar-refractivity contribution in [1.82, 2.24) is 10.6 Å². The summed E-state index contributed by atoms with van der Waals surface area (Å²) < 4.78 is 13.7. The quantitative estimate of drug-likeness (QED) is 0.494. The fourth-order valence-corrected chi connectivity index (χ4v) is 1.97. The van der Waals surface area contributed by atoms with E-state index < -0.39 is 22.6 Å². The average Bonchev–Trinajstić information content (AvgIpc) is 2.62. The van der Waals surface area contributed by atoms with Crippen LogP contribution in [0.5, 0.6) is 0 Å². The van der Waals surface area contributed by atoms with Gasteiger partial charge >= 0.3 is 0 Å². The van der Waals surface area contributed by atoms with Gasteiger partial charge in [-0.3, -0.25) is 19.7 Å². The number of nitro benzene ring substituents is 1. The van der Waals surface area contributed by atoms with Gasteiger partial charge in [0.05, 0.1) is 4.92 Å². The highest BCUT2D eigenvalue weighted by atomic mass is 19.1. The van der Waals surface area contributed by atoms with Gasteiger partial charge in [0.1, 0.15) is 11.5 Å². The summed E-state index contributed by atoms with van der Waals surface area (Å²) in [6.07, 6.45) is 1.21. The van der Waals surface area contributed by atoms with Crippen LogP contribution in [-0.4, -0.2) is 23.8 Å². The number of nitrogens with one attached hydrogen (secondary N) is 2. The van der Waals surface area contributed by atoms with Crippen LogP contribution in [0, 0.1) is 15.9 Å². The van der Waals surface area contributed by atoms with Gasteiger partial charge < -0.3 is 10.6 Å². The van der Waals surface area contributed by atoms with Crippen LogP contribution in [0.3, 0.4) is 0 Å². The number of carbonyl (C=O) groups is 2. The summed E-state index contributed by atoms with van der Waals surface area (Å²) in [5.74, 6) is -1.81. The van der Waals surface area contributed by atoms with Gasteiger partial charge in [0, 0.05) is 30.3 Å². The number of non-ortho nitro benzene ring substituents is 1. The molecule has 0 aromatic heterocycles. The molecule has 128 valence electrons. The maximum Gasteiger partial charge on any atom is 0.269 e. The van der Waals surface area contributed by atoms with Crippen molar-refractivity contribution in [3.8, 4) is 0 Å². The summed E-state index contributed by atoms with van der Waals surface area (Å²) in [7, 11) is 1.37. The molecule has 0 heterocycles. The first kappa shape index (κ1) is 17.8. The largest absolute Gasteiger partial charge is 0.354 e. The number of hydrogen-bond acceptors (Lipinski definition) is 4. The SMILES string of the molecule is CNC(=O)/C(=C/c1ccccc1F)NC(=O)c1ccc([N+](=O)[O-])cc1. The normalized spacial score (nSPS) is 10.9. The van der Waals surface area contributed by atoms with Crippen molar-refractivity contribution in [3.63, 3.8) is 0 Å². The highest BCUT2D eigenvalue weighted by Gasteiger charge is 2.15. The fraction of sp³-hybridized carbons (Fsp3) is 0.0588. The Bertz CT molecular complexity index is 847. The van der Waals surface area contributed by atoms with E-state index in [-0.39, 0.29) is 22.5 Å². The Morgan fingerprint density at radius 1 is 1.12 bits per heavy atom. The highest BCUT2D eigenvalue weighted by molar-refractivity contribution is 6.05. The van der Waals surface area contributed by atoms with Crippen LogP contribution in [0.4, 0.5) is 10.1 Å². The zero-order valence-electron chi connectivity index (χ0n) is 13.2. The first-order chi connectivity index (χ1) is 11.9. The number of likely N-dealkylation sites (N-methyl/N-ethyl adjacent to an activating group) is 1. The maximum absolute atomic E-state index is 13.7. The third-order valence-corrected chi connectivity index (χ3v) is 3.27. The van der Waals surface area contributed by atoms with E-state index in [1.807, 2.05) is 0 Å². The van der Waals surface area contributed by atoms with Crippen LogP contribution in [-0.2, 0) is 4.79 Å². The molecule has 2 N–H and O–H groups in total. The number of nitrogens with zero attached hydrogens (tertiary/aromatic N) is 1. The number of carbonyl (C=O) groups excluding carboxylic acids is 2. The summed E-state index contributed by atoms with van der Waals surface area (Å²) in [6, 6.07) is 10.7. The molecular formula is C17H14FN3O4. The number of benzene rings is 2. The maximum atomic E-state index is 13.7. The molecule has 0 radical (unpaired) electrons. The van der Waals surface area contributed by atoms with Crippen molar-refractivity contribution < 1.29 is 18.9 Å². The molecule has 0 saturated carbocycles. The van der Waals surface area contributed by atoms with Gasteiger partial charge in [-0.25, -0.2) is 4.39 Å². The van der Waals surface area contributed by atoms with Gasteiger partial charge in [-0.2, -0.15) is 0 Å². The van der Waals surface area contributed by atoms with E-state index in [1.54, 1.807) is 6.07 Å². The zero-order valence-corrected chi connectivity index (χ0v) is 13.2. The van der Waals surface area contributed by atoms with Crippen LogP contribution in [0.15, 0.2) is 54.2 Å². The Labute approximate surface area is 142 Å². The standard InChI is InChI=1S/C17H14FN3O4/c1-19-17(23)15(10-12-4-2-3-5-14(12)18)20-16(22)11-6-8-13(9-7-11)21(24)25/h2-10H,1H3,(H,19,23)(H,20,22)/b15-10-. The summed E-state index contributed by atoms with van der Waals surface area (Å²) >= 11 is 0. The Morgan fingerprint density at radius 2 is 1.76 bits per heavy atom. The van der Waals surface area contributed by atoms with Gasteiger partial charge in [0.25, 0.3) is 17.5 Å². The molecule has 0 aliphatic carbocycles. The molecule has 7 nitrogen and oxygen atoms in total. The summed E-state index contributed by atoms with van der Waals surface area (Å²) in [5.41, 5.74) is -0.0695. The minimum Gasteiger partial charge on any atom is -0.354 e. The van der Waals surface area contributed by atoms with Crippen molar-refractivity contribution in [3.05, 3.63) is 81.3 Å². The van der Waals surface area contributed by atoms with E-state index in [0.29, 0.717) is 0 Å². The number of rotatable bonds is 5. The van der Waals surface area contributed by atoms with Crippen molar-refractivity contribution in [2.24, 2.45) is 0 Å². The third-order valence-electron chi connectivity index (χ3n) is 3.27. The molecule has 0 aliphatic rings. The Balaban J connectivity index is 2.28. The predicted molar refractivity (Wildman–Crippen MR) is 89.0 cm³/mol. The second-order valence-electron chi connectivity index (χ2n) is 4.92. The molecule has 0 fully saturated rings. The van der Waals surface area contributed by atoms with Gasteiger partial charge in [0.2, 0.25) is 0 Å². The van der Waals surface area contributed by atoms with Crippen LogP contribution in [0.2, 0.25) is 0 Å². The van der Waals surface area contributed by atoms with E-state index in [9.17, 15) is 24.1 Å². The second-order valence-corrected chi connectivity index (χ2v) is 4.92. The molecule has 0 bridgehead atoms. The van der Waals surface area contributed by atoms with Crippen molar-refractivity contribution in [1.29, 1.82) is 0 Å². The van der Waals surface area contributed by atoms with E-state index in [1.165, 1.54) is 55.6 Å². The van der Waals surface area contributed by atoms with Gasteiger partial charge in [0.15, 0.2) is 0 Å². The van der Waals surface area contributed by atoms with Crippen LogP contribution >= 0.6 is 0 Å². The van der Waals surface area contributed by atoms with Crippen molar-refractivity contribution in [2.45, 2.75) is 0 Å². The van der Waals surface area contributed by atoms with E-state index in [0.717, 1.165) is 0 Å². The lowest BCUT2D eigenvalue weighted by molar-refractivity contribution is -0.384. The molecule has 2 aromatic rings. The Kier molecular flexibility index (Phi) is 5.57. The molecule has 2 rings (SSSR count). The fourth-order valence-electron chi connectivity index (χ4n) is 1.97. The lowest BCUT2D eigenvalue weighted by Crippen LogP contribution is -2.33. The van der Waals surface area contributed by atoms with Crippen LogP contribution in [0.25, 0.3) is 6.08 Å².